The highest BCUT2D eigenvalue weighted by Gasteiger charge is 2.20. The third-order valence-corrected chi connectivity index (χ3v) is 3.14. The van der Waals surface area contributed by atoms with E-state index in [2.05, 4.69) is 5.32 Å². The number of anilines is 1. The maximum Gasteiger partial charge on any atom is 0.339 e. The van der Waals surface area contributed by atoms with Gasteiger partial charge in [0.15, 0.2) is 6.10 Å². The lowest BCUT2D eigenvalue weighted by Crippen LogP contribution is -2.40. The highest BCUT2D eigenvalue weighted by Crippen LogP contribution is 2.14. The number of ether oxygens (including phenoxy) is 1. The molecule has 0 aliphatic rings. The molecule has 1 rings (SSSR count). The van der Waals surface area contributed by atoms with Crippen LogP contribution >= 0.6 is 0 Å². The SMILES string of the molecule is CCC(C)NC(=O)C(C)OC(=O)c1cc(N)ccc1C. The second-order valence-corrected chi connectivity index (χ2v) is 4.94. The van der Waals surface area contributed by atoms with Crippen molar-refractivity contribution in [2.75, 3.05) is 5.73 Å². The van der Waals surface area contributed by atoms with Crippen LogP contribution in [0.4, 0.5) is 5.69 Å². The molecule has 2 atom stereocenters. The Kier molecular flexibility index (Phi) is 5.55. The van der Waals surface area contributed by atoms with Crippen molar-refractivity contribution < 1.29 is 14.3 Å². The number of esters is 1. The largest absolute Gasteiger partial charge is 0.449 e. The lowest BCUT2D eigenvalue weighted by Gasteiger charge is -2.17. The second-order valence-electron chi connectivity index (χ2n) is 4.94. The third kappa shape index (κ3) is 4.26. The standard InChI is InChI=1S/C15H22N2O3/c1-5-10(3)17-14(18)11(4)20-15(19)13-8-12(16)7-6-9(13)2/h6-8,10-11H,5,16H2,1-4H3,(H,17,18). The summed E-state index contributed by atoms with van der Waals surface area (Å²) in [6, 6.07) is 5.07. The van der Waals surface area contributed by atoms with E-state index in [9.17, 15) is 9.59 Å². The molecule has 0 saturated carbocycles. The molecular weight excluding hydrogens is 256 g/mol. The van der Waals surface area contributed by atoms with Gasteiger partial charge in [0.05, 0.1) is 5.56 Å². The van der Waals surface area contributed by atoms with Gasteiger partial charge in [0, 0.05) is 11.7 Å². The van der Waals surface area contributed by atoms with Crippen molar-refractivity contribution in [3.05, 3.63) is 29.3 Å². The summed E-state index contributed by atoms with van der Waals surface area (Å²) in [5.74, 6) is -0.837. The van der Waals surface area contributed by atoms with Gasteiger partial charge in [-0.3, -0.25) is 4.79 Å². The average molecular weight is 278 g/mol. The first-order chi connectivity index (χ1) is 9.35. The van der Waals surface area contributed by atoms with Crippen molar-refractivity contribution in [2.45, 2.75) is 46.3 Å². The molecule has 0 radical (unpaired) electrons. The summed E-state index contributed by atoms with van der Waals surface area (Å²) in [5.41, 5.74) is 7.28. The van der Waals surface area contributed by atoms with Gasteiger partial charge in [-0.05, 0) is 44.9 Å². The number of benzene rings is 1. The Morgan fingerprint density at radius 3 is 2.60 bits per heavy atom. The number of hydrogen-bond acceptors (Lipinski definition) is 4. The summed E-state index contributed by atoms with van der Waals surface area (Å²) in [6.07, 6.45) is -0.0156. The number of carbonyl (C=O) groups excluding carboxylic acids is 2. The number of hydrogen-bond donors (Lipinski definition) is 2. The zero-order valence-corrected chi connectivity index (χ0v) is 12.4. The average Bonchev–Trinajstić information content (AvgIpc) is 2.40. The van der Waals surface area contributed by atoms with Crippen LogP contribution < -0.4 is 11.1 Å². The summed E-state index contributed by atoms with van der Waals surface area (Å²) in [5, 5.41) is 2.77. The van der Waals surface area contributed by atoms with Crippen molar-refractivity contribution >= 4 is 17.6 Å². The minimum atomic E-state index is -0.836. The maximum absolute atomic E-state index is 12.0. The summed E-state index contributed by atoms with van der Waals surface area (Å²) in [6.45, 7) is 7.21. The van der Waals surface area contributed by atoms with E-state index in [1.54, 1.807) is 32.0 Å². The molecule has 110 valence electrons. The fourth-order valence-corrected chi connectivity index (χ4v) is 1.60. The van der Waals surface area contributed by atoms with Crippen molar-refractivity contribution in [3.8, 4) is 0 Å². The minimum Gasteiger partial charge on any atom is -0.449 e. The van der Waals surface area contributed by atoms with E-state index in [0.717, 1.165) is 12.0 Å². The van der Waals surface area contributed by atoms with Gasteiger partial charge >= 0.3 is 5.97 Å². The number of amides is 1. The van der Waals surface area contributed by atoms with Crippen LogP contribution in [-0.4, -0.2) is 24.0 Å². The van der Waals surface area contributed by atoms with E-state index in [-0.39, 0.29) is 11.9 Å². The van der Waals surface area contributed by atoms with Gasteiger partial charge in [0.2, 0.25) is 0 Å². The minimum absolute atomic E-state index is 0.0535. The summed E-state index contributed by atoms with van der Waals surface area (Å²) < 4.78 is 5.17. The molecule has 0 heterocycles. The molecule has 0 aliphatic carbocycles. The predicted molar refractivity (Wildman–Crippen MR) is 78.4 cm³/mol. The first-order valence-electron chi connectivity index (χ1n) is 6.72. The highest BCUT2D eigenvalue weighted by molar-refractivity contribution is 5.94. The van der Waals surface area contributed by atoms with Gasteiger partial charge in [-0.25, -0.2) is 4.79 Å². The van der Waals surface area contributed by atoms with E-state index in [0.29, 0.717) is 11.3 Å². The van der Waals surface area contributed by atoms with Gasteiger partial charge in [-0.2, -0.15) is 0 Å². The normalized spacial score (nSPS) is 13.4. The van der Waals surface area contributed by atoms with Crippen LogP contribution in [-0.2, 0) is 9.53 Å². The first kappa shape index (κ1) is 16.0. The fourth-order valence-electron chi connectivity index (χ4n) is 1.60. The molecule has 0 aliphatic heterocycles. The van der Waals surface area contributed by atoms with Crippen LogP contribution in [0, 0.1) is 6.92 Å². The molecule has 0 saturated heterocycles. The summed E-state index contributed by atoms with van der Waals surface area (Å²) >= 11 is 0. The van der Waals surface area contributed by atoms with E-state index in [4.69, 9.17) is 10.5 Å². The topological polar surface area (TPSA) is 81.4 Å². The summed E-state index contributed by atoms with van der Waals surface area (Å²) in [4.78, 5) is 23.8. The number of nitrogen functional groups attached to an aromatic ring is 1. The number of rotatable bonds is 5. The number of nitrogens with two attached hydrogens (primary N) is 1. The fraction of sp³-hybridized carbons (Fsp3) is 0.467. The first-order valence-corrected chi connectivity index (χ1v) is 6.72. The van der Waals surface area contributed by atoms with Gasteiger partial charge in [-0.1, -0.05) is 13.0 Å². The Bertz CT molecular complexity index is 500. The van der Waals surface area contributed by atoms with Gasteiger partial charge < -0.3 is 15.8 Å². The van der Waals surface area contributed by atoms with Gasteiger partial charge in [0.25, 0.3) is 5.91 Å². The van der Waals surface area contributed by atoms with Gasteiger partial charge in [0.1, 0.15) is 0 Å². The van der Waals surface area contributed by atoms with Gasteiger partial charge in [-0.15, -0.1) is 0 Å². The Labute approximate surface area is 119 Å². The lowest BCUT2D eigenvalue weighted by atomic mass is 10.1. The molecule has 0 bridgehead atoms. The molecule has 2 unspecified atom stereocenters. The number of nitrogens with one attached hydrogen (secondary N) is 1. The zero-order valence-electron chi connectivity index (χ0n) is 12.4. The van der Waals surface area contributed by atoms with Crippen molar-refractivity contribution in [1.82, 2.24) is 5.32 Å². The van der Waals surface area contributed by atoms with Crippen LogP contribution in [0.25, 0.3) is 0 Å². The van der Waals surface area contributed by atoms with Crippen LogP contribution in [0.1, 0.15) is 43.1 Å². The van der Waals surface area contributed by atoms with Crippen molar-refractivity contribution in [1.29, 1.82) is 0 Å². The van der Waals surface area contributed by atoms with Crippen molar-refractivity contribution in [3.63, 3.8) is 0 Å². The monoisotopic (exact) mass is 278 g/mol. The molecule has 3 N–H and O–H groups in total. The van der Waals surface area contributed by atoms with Crippen LogP contribution in [0.3, 0.4) is 0 Å². The van der Waals surface area contributed by atoms with E-state index >= 15 is 0 Å². The van der Waals surface area contributed by atoms with Crippen LogP contribution in [0.15, 0.2) is 18.2 Å². The van der Waals surface area contributed by atoms with Crippen LogP contribution in [0.5, 0.6) is 0 Å². The molecule has 0 fully saturated rings. The second kappa shape index (κ2) is 6.93. The molecule has 1 aromatic rings. The van der Waals surface area contributed by atoms with E-state index in [1.165, 1.54) is 0 Å². The Morgan fingerprint density at radius 1 is 1.35 bits per heavy atom. The lowest BCUT2D eigenvalue weighted by molar-refractivity contribution is -0.129. The van der Waals surface area contributed by atoms with E-state index < -0.39 is 12.1 Å². The third-order valence-electron chi connectivity index (χ3n) is 3.14. The summed E-state index contributed by atoms with van der Waals surface area (Å²) in [7, 11) is 0. The molecule has 0 aromatic heterocycles. The van der Waals surface area contributed by atoms with Crippen LogP contribution in [0.2, 0.25) is 0 Å². The Balaban J connectivity index is 2.70. The molecule has 20 heavy (non-hydrogen) atoms. The smallest absolute Gasteiger partial charge is 0.339 e. The Morgan fingerprint density at radius 2 is 2.00 bits per heavy atom. The maximum atomic E-state index is 12.0. The quantitative estimate of drug-likeness (QED) is 0.638. The molecule has 5 heteroatoms. The Hall–Kier alpha value is -2.04. The number of aryl methyl sites for hydroxylation is 1. The molecular formula is C15H22N2O3. The molecule has 1 aromatic carbocycles. The predicted octanol–water partition coefficient (Wildman–Crippen LogP) is 2.04. The molecule has 1 amide bonds. The zero-order chi connectivity index (χ0) is 15.3. The molecule has 0 spiro atoms. The number of carbonyl (C=O) groups is 2. The highest BCUT2D eigenvalue weighted by atomic mass is 16.5. The van der Waals surface area contributed by atoms with Crippen molar-refractivity contribution in [2.24, 2.45) is 0 Å². The molecule has 5 nitrogen and oxygen atoms in total. The van der Waals surface area contributed by atoms with E-state index in [1.807, 2.05) is 13.8 Å².